The van der Waals surface area contributed by atoms with Crippen molar-refractivity contribution < 1.29 is 33.2 Å². The van der Waals surface area contributed by atoms with Gasteiger partial charge in [0.25, 0.3) is 0 Å². The van der Waals surface area contributed by atoms with Gasteiger partial charge in [-0.25, -0.2) is 9.99 Å². The fourth-order valence-corrected chi connectivity index (χ4v) is 6.89. The van der Waals surface area contributed by atoms with Crippen LogP contribution in [0.1, 0.15) is 49.8 Å². The molecule has 2 heterocycles. The zero-order valence-electron chi connectivity index (χ0n) is 28.9. The van der Waals surface area contributed by atoms with Crippen LogP contribution in [0.15, 0.2) is 84.0 Å². The van der Waals surface area contributed by atoms with E-state index in [1.807, 2.05) is 72.8 Å². The lowest BCUT2D eigenvalue weighted by Gasteiger charge is -2.22. The van der Waals surface area contributed by atoms with Gasteiger partial charge in [0.2, 0.25) is 5.91 Å². The quantitative estimate of drug-likeness (QED) is 0.101. The van der Waals surface area contributed by atoms with Crippen molar-refractivity contribution in [3.8, 4) is 45.1 Å². The predicted molar refractivity (Wildman–Crippen MR) is 195 cm³/mol. The van der Waals surface area contributed by atoms with Gasteiger partial charge in [0.1, 0.15) is 5.01 Å². The summed E-state index contributed by atoms with van der Waals surface area (Å²) in [5.74, 6) is 3.74. The Labute approximate surface area is 296 Å². The molecule has 6 rings (SSSR count). The Morgan fingerprint density at radius 2 is 1.32 bits per heavy atom. The Bertz CT molecular complexity index is 1960. The average molecular weight is 696 g/mol. The molecule has 260 valence electrons. The number of hydrogen-bond acceptors (Lipinski definition) is 10. The van der Waals surface area contributed by atoms with Crippen LogP contribution < -0.4 is 28.4 Å². The van der Waals surface area contributed by atoms with Crippen LogP contribution in [0.2, 0.25) is 0 Å². The molecule has 0 spiro atoms. The third-order valence-corrected chi connectivity index (χ3v) is 9.62. The molecule has 0 saturated carbocycles. The van der Waals surface area contributed by atoms with Crippen molar-refractivity contribution in [2.75, 3.05) is 41.7 Å². The van der Waals surface area contributed by atoms with E-state index in [0.717, 1.165) is 56.9 Å². The Hall–Kier alpha value is -5.29. The molecule has 1 atom stereocenters. The smallest absolute Gasteiger partial charge is 0.240 e. The van der Waals surface area contributed by atoms with E-state index in [1.54, 1.807) is 39.8 Å². The number of methoxy groups -OCH3 is 4. The maximum absolute atomic E-state index is 12.7. The minimum absolute atomic E-state index is 0.146. The number of fused-ring (bicyclic) bond motifs is 1. The molecular formula is C39H41N3O7S. The number of para-hydroxylation sites is 1. The standard InChI is InChI=1S/C39H41N3O7S/c1-25(43)42-31(24-30(41-42)26-13-16-32(44-2)35(21-26)47-5)27-14-17-33(45-3)36(22-27)48-19-9-6-10-20-49-37-23-28(15-18-34(37)46-4)39-40-29-11-7-8-12-38(29)50-39/h7-8,11-18,21-23,31H,6,9-10,19-20,24H2,1-5H3. The highest BCUT2D eigenvalue weighted by Gasteiger charge is 2.32. The highest BCUT2D eigenvalue weighted by Crippen LogP contribution is 2.39. The molecular weight excluding hydrogens is 655 g/mol. The second-order valence-electron chi connectivity index (χ2n) is 11.7. The molecule has 10 nitrogen and oxygen atoms in total. The number of hydrogen-bond donors (Lipinski definition) is 0. The summed E-state index contributed by atoms with van der Waals surface area (Å²) >= 11 is 1.66. The maximum atomic E-state index is 12.7. The molecule has 0 bridgehead atoms. The third-order valence-electron chi connectivity index (χ3n) is 8.53. The molecule has 1 amide bonds. The first-order valence-corrected chi connectivity index (χ1v) is 17.3. The van der Waals surface area contributed by atoms with Crippen LogP contribution >= 0.6 is 11.3 Å². The van der Waals surface area contributed by atoms with Gasteiger partial charge < -0.3 is 28.4 Å². The van der Waals surface area contributed by atoms with Gasteiger partial charge in [-0.2, -0.15) is 5.10 Å². The lowest BCUT2D eigenvalue weighted by Crippen LogP contribution is -2.24. The summed E-state index contributed by atoms with van der Waals surface area (Å²) < 4.78 is 35.6. The average Bonchev–Trinajstić information content (AvgIpc) is 3.80. The van der Waals surface area contributed by atoms with Crippen LogP contribution in [0.4, 0.5) is 0 Å². The largest absolute Gasteiger partial charge is 0.493 e. The molecule has 11 heteroatoms. The van der Waals surface area contributed by atoms with Gasteiger partial charge >= 0.3 is 0 Å². The molecule has 1 aliphatic rings. The van der Waals surface area contributed by atoms with Gasteiger partial charge in [-0.3, -0.25) is 4.79 Å². The molecule has 0 radical (unpaired) electrons. The normalized spacial score (nSPS) is 14.0. The summed E-state index contributed by atoms with van der Waals surface area (Å²) in [6, 6.07) is 25.2. The summed E-state index contributed by atoms with van der Waals surface area (Å²) in [5, 5.41) is 7.17. The number of nitrogens with zero attached hydrogens (tertiary/aromatic N) is 3. The number of amides is 1. The van der Waals surface area contributed by atoms with Gasteiger partial charge in [0.15, 0.2) is 34.5 Å². The second kappa shape index (κ2) is 15.9. The summed E-state index contributed by atoms with van der Waals surface area (Å²) in [6.45, 7) is 2.57. The molecule has 0 saturated heterocycles. The van der Waals surface area contributed by atoms with E-state index in [9.17, 15) is 4.79 Å². The van der Waals surface area contributed by atoms with Crippen LogP contribution in [-0.2, 0) is 4.79 Å². The molecule has 1 aromatic heterocycles. The van der Waals surface area contributed by atoms with Gasteiger partial charge in [0, 0.05) is 24.5 Å². The third kappa shape index (κ3) is 7.63. The van der Waals surface area contributed by atoms with E-state index in [0.29, 0.717) is 54.1 Å². The first-order valence-electron chi connectivity index (χ1n) is 16.5. The van der Waals surface area contributed by atoms with E-state index in [2.05, 4.69) is 6.07 Å². The highest BCUT2D eigenvalue weighted by atomic mass is 32.1. The van der Waals surface area contributed by atoms with Crippen molar-refractivity contribution >= 4 is 33.2 Å². The van der Waals surface area contributed by atoms with Crippen molar-refractivity contribution in [2.45, 2.75) is 38.6 Å². The van der Waals surface area contributed by atoms with Crippen LogP contribution in [0.5, 0.6) is 34.5 Å². The zero-order chi connectivity index (χ0) is 35.0. The Morgan fingerprint density at radius 3 is 1.98 bits per heavy atom. The number of thiazole rings is 1. The minimum atomic E-state index is -0.286. The van der Waals surface area contributed by atoms with Crippen molar-refractivity contribution in [3.05, 3.63) is 90.0 Å². The minimum Gasteiger partial charge on any atom is -0.493 e. The fourth-order valence-electron chi connectivity index (χ4n) is 5.93. The maximum Gasteiger partial charge on any atom is 0.240 e. The number of carbonyl (C=O) groups excluding carboxylic acids is 1. The van der Waals surface area contributed by atoms with E-state index >= 15 is 0 Å². The number of rotatable bonds is 15. The molecule has 4 aromatic carbocycles. The lowest BCUT2D eigenvalue weighted by atomic mass is 9.97. The van der Waals surface area contributed by atoms with Crippen LogP contribution in [0, 0.1) is 0 Å². The van der Waals surface area contributed by atoms with Crippen molar-refractivity contribution in [1.82, 2.24) is 9.99 Å². The fraction of sp³-hybridized carbons (Fsp3) is 0.308. The van der Waals surface area contributed by atoms with Crippen LogP contribution in [-0.4, -0.2) is 63.3 Å². The highest BCUT2D eigenvalue weighted by molar-refractivity contribution is 7.21. The SMILES string of the molecule is COc1ccc(C2=NN(C(C)=O)C(c3ccc(OC)c(OCCCCCOc4cc(-c5nc6ccccc6s5)ccc4OC)c3)C2)cc1OC. The molecule has 0 aliphatic carbocycles. The summed E-state index contributed by atoms with van der Waals surface area (Å²) in [6.07, 6.45) is 3.12. The van der Waals surface area contributed by atoms with Crippen molar-refractivity contribution in [3.63, 3.8) is 0 Å². The zero-order valence-corrected chi connectivity index (χ0v) is 29.7. The van der Waals surface area contributed by atoms with E-state index < -0.39 is 0 Å². The number of ether oxygens (including phenoxy) is 6. The topological polar surface area (TPSA) is 101 Å². The number of aromatic nitrogens is 1. The van der Waals surface area contributed by atoms with Crippen molar-refractivity contribution in [2.24, 2.45) is 5.10 Å². The number of unbranched alkanes of at least 4 members (excludes halogenated alkanes) is 2. The number of benzene rings is 4. The molecule has 50 heavy (non-hydrogen) atoms. The van der Waals surface area contributed by atoms with Crippen molar-refractivity contribution in [1.29, 1.82) is 0 Å². The van der Waals surface area contributed by atoms with Gasteiger partial charge in [-0.05, 0) is 85.5 Å². The van der Waals surface area contributed by atoms with Gasteiger partial charge in [-0.15, -0.1) is 11.3 Å². The summed E-state index contributed by atoms with van der Waals surface area (Å²) in [4.78, 5) is 17.5. The molecule has 0 N–H and O–H groups in total. The Morgan fingerprint density at radius 1 is 0.720 bits per heavy atom. The van der Waals surface area contributed by atoms with E-state index in [4.69, 9.17) is 38.5 Å². The Balaban J connectivity index is 1.04. The van der Waals surface area contributed by atoms with Gasteiger partial charge in [0.05, 0.1) is 63.6 Å². The van der Waals surface area contributed by atoms with E-state index in [-0.39, 0.29) is 11.9 Å². The first kappa shape index (κ1) is 34.6. The summed E-state index contributed by atoms with van der Waals surface area (Å²) in [7, 11) is 6.46. The molecule has 5 aromatic rings. The Kier molecular flexibility index (Phi) is 11.0. The summed E-state index contributed by atoms with van der Waals surface area (Å²) in [5.41, 5.74) is 4.55. The van der Waals surface area contributed by atoms with Crippen LogP contribution in [0.3, 0.4) is 0 Å². The number of carbonyl (C=O) groups is 1. The molecule has 1 unspecified atom stereocenters. The number of hydrazone groups is 1. The van der Waals surface area contributed by atoms with E-state index in [1.165, 1.54) is 11.9 Å². The molecule has 1 aliphatic heterocycles. The molecule has 0 fully saturated rings. The predicted octanol–water partition coefficient (Wildman–Crippen LogP) is 8.32. The lowest BCUT2D eigenvalue weighted by molar-refractivity contribution is -0.130. The first-order chi connectivity index (χ1) is 24.4. The van der Waals surface area contributed by atoms with Crippen LogP contribution in [0.25, 0.3) is 20.8 Å². The second-order valence-corrected chi connectivity index (χ2v) is 12.8. The van der Waals surface area contributed by atoms with Gasteiger partial charge in [-0.1, -0.05) is 18.2 Å². The monoisotopic (exact) mass is 695 g/mol.